The Kier molecular flexibility index (Phi) is 5.97. The van der Waals surface area contributed by atoms with Crippen LogP contribution in [0.5, 0.6) is 6.01 Å². The minimum Gasteiger partial charge on any atom is -0.465 e. The lowest BCUT2D eigenvalue weighted by Gasteiger charge is -2.16. The van der Waals surface area contributed by atoms with E-state index in [1.165, 1.54) is 18.4 Å². The molecule has 0 saturated carbocycles. The average Bonchev–Trinajstić information content (AvgIpc) is 3.30. The zero-order chi connectivity index (χ0) is 22.8. The Morgan fingerprint density at radius 3 is 2.53 bits per heavy atom. The number of benzene rings is 2. The Hall–Kier alpha value is -3.63. The Morgan fingerprint density at radius 2 is 1.84 bits per heavy atom. The molecule has 0 amide bonds. The molecule has 2 aromatic heterocycles. The van der Waals surface area contributed by atoms with Crippen LogP contribution in [0.15, 0.2) is 48.5 Å². The van der Waals surface area contributed by atoms with Crippen molar-refractivity contribution in [2.75, 3.05) is 7.11 Å². The van der Waals surface area contributed by atoms with Gasteiger partial charge in [0.2, 0.25) is 0 Å². The SMILES string of the molecule is COC(=O)c1sc(C)c2nc(OC(C)C)n(Cc3ccccc3-c3ccccc3C#N)c12. The molecule has 4 rings (SSSR count). The summed E-state index contributed by atoms with van der Waals surface area (Å²) in [7, 11) is 1.38. The maximum Gasteiger partial charge on any atom is 0.350 e. The zero-order valence-corrected chi connectivity index (χ0v) is 19.2. The number of aryl methyl sites for hydroxylation is 1. The van der Waals surface area contributed by atoms with Gasteiger partial charge >= 0.3 is 5.97 Å². The Balaban J connectivity index is 1.92. The first kappa shape index (κ1) is 21.6. The molecule has 0 aliphatic rings. The number of imidazole rings is 1. The Bertz CT molecular complexity index is 1340. The molecule has 0 fully saturated rings. The molecule has 4 aromatic rings. The minimum absolute atomic E-state index is 0.0830. The summed E-state index contributed by atoms with van der Waals surface area (Å²) < 4.78 is 13.0. The van der Waals surface area contributed by atoms with Gasteiger partial charge < -0.3 is 9.47 Å². The van der Waals surface area contributed by atoms with E-state index in [1.54, 1.807) is 0 Å². The van der Waals surface area contributed by atoms with E-state index in [4.69, 9.17) is 14.5 Å². The van der Waals surface area contributed by atoms with Crippen LogP contribution in [0.25, 0.3) is 22.2 Å². The van der Waals surface area contributed by atoms with Crippen LogP contribution in [0.4, 0.5) is 0 Å². The summed E-state index contributed by atoms with van der Waals surface area (Å²) in [4.78, 5) is 18.7. The van der Waals surface area contributed by atoms with E-state index in [0.717, 1.165) is 27.1 Å². The lowest BCUT2D eigenvalue weighted by molar-refractivity contribution is 0.0608. The smallest absolute Gasteiger partial charge is 0.350 e. The van der Waals surface area contributed by atoms with Crippen LogP contribution in [0, 0.1) is 18.3 Å². The minimum atomic E-state index is -0.395. The van der Waals surface area contributed by atoms with E-state index in [9.17, 15) is 10.1 Å². The maximum absolute atomic E-state index is 12.5. The number of hydrogen-bond donors (Lipinski definition) is 0. The Labute approximate surface area is 190 Å². The van der Waals surface area contributed by atoms with Gasteiger partial charge in [-0.25, -0.2) is 4.79 Å². The molecule has 0 atom stereocenters. The summed E-state index contributed by atoms with van der Waals surface area (Å²) in [6.07, 6.45) is -0.0830. The molecule has 162 valence electrons. The predicted molar refractivity (Wildman–Crippen MR) is 125 cm³/mol. The molecule has 6 nitrogen and oxygen atoms in total. The van der Waals surface area contributed by atoms with Crippen LogP contribution in [-0.2, 0) is 11.3 Å². The van der Waals surface area contributed by atoms with E-state index in [0.29, 0.717) is 28.5 Å². The van der Waals surface area contributed by atoms with Crippen molar-refractivity contribution in [2.24, 2.45) is 0 Å². The molecule has 0 saturated heterocycles. The first-order chi connectivity index (χ1) is 15.4. The molecular weight excluding hydrogens is 422 g/mol. The van der Waals surface area contributed by atoms with Gasteiger partial charge in [0.15, 0.2) is 0 Å². The number of carbonyl (C=O) groups is 1. The third-order valence-electron chi connectivity index (χ3n) is 5.13. The van der Waals surface area contributed by atoms with Crippen molar-refractivity contribution >= 4 is 28.3 Å². The van der Waals surface area contributed by atoms with Crippen LogP contribution in [0.2, 0.25) is 0 Å². The average molecular weight is 446 g/mol. The molecular formula is C25H23N3O3S. The molecule has 2 heterocycles. The van der Waals surface area contributed by atoms with Crippen molar-refractivity contribution in [2.45, 2.75) is 33.4 Å². The fourth-order valence-electron chi connectivity index (χ4n) is 3.74. The van der Waals surface area contributed by atoms with E-state index in [2.05, 4.69) is 6.07 Å². The number of thiophene rings is 1. The van der Waals surface area contributed by atoms with Gasteiger partial charge in [0.25, 0.3) is 6.01 Å². The maximum atomic E-state index is 12.5. The normalized spacial score (nSPS) is 11.0. The topological polar surface area (TPSA) is 77.1 Å². The summed E-state index contributed by atoms with van der Waals surface area (Å²) >= 11 is 1.37. The molecule has 0 radical (unpaired) electrons. The Morgan fingerprint density at radius 1 is 1.16 bits per heavy atom. The lowest BCUT2D eigenvalue weighted by Crippen LogP contribution is -2.13. The molecule has 0 aliphatic carbocycles. The van der Waals surface area contributed by atoms with E-state index >= 15 is 0 Å². The van der Waals surface area contributed by atoms with Gasteiger partial charge in [0.1, 0.15) is 10.4 Å². The zero-order valence-electron chi connectivity index (χ0n) is 18.4. The number of methoxy groups -OCH3 is 1. The number of rotatable bonds is 6. The van der Waals surface area contributed by atoms with Crippen LogP contribution in [0.3, 0.4) is 0 Å². The van der Waals surface area contributed by atoms with E-state index < -0.39 is 5.97 Å². The number of aromatic nitrogens is 2. The molecule has 0 aliphatic heterocycles. The number of hydrogen-bond acceptors (Lipinski definition) is 6. The molecule has 7 heteroatoms. The molecule has 0 spiro atoms. The molecule has 0 unspecified atom stereocenters. The van der Waals surface area contributed by atoms with Crippen molar-refractivity contribution in [1.29, 1.82) is 5.26 Å². The summed E-state index contributed by atoms with van der Waals surface area (Å²) in [5.41, 5.74) is 4.86. The fourth-order valence-corrected chi connectivity index (χ4v) is 4.76. The number of fused-ring (bicyclic) bond motifs is 1. The summed E-state index contributed by atoms with van der Waals surface area (Å²) in [5.74, 6) is -0.395. The molecule has 32 heavy (non-hydrogen) atoms. The van der Waals surface area contributed by atoms with Gasteiger partial charge in [-0.15, -0.1) is 11.3 Å². The second-order valence-corrected chi connectivity index (χ2v) is 8.86. The third-order valence-corrected chi connectivity index (χ3v) is 6.20. The highest BCUT2D eigenvalue weighted by Gasteiger charge is 2.25. The second kappa shape index (κ2) is 8.85. The molecule has 0 bridgehead atoms. The van der Waals surface area contributed by atoms with Gasteiger partial charge in [-0.3, -0.25) is 4.57 Å². The quantitative estimate of drug-likeness (QED) is 0.363. The third kappa shape index (κ3) is 3.85. The van der Waals surface area contributed by atoms with Crippen LogP contribution < -0.4 is 4.74 Å². The van der Waals surface area contributed by atoms with Crippen molar-refractivity contribution < 1.29 is 14.3 Å². The van der Waals surface area contributed by atoms with Crippen LogP contribution >= 0.6 is 11.3 Å². The number of carbonyl (C=O) groups excluding carboxylic acids is 1. The highest BCUT2D eigenvalue weighted by Crippen LogP contribution is 2.36. The van der Waals surface area contributed by atoms with Crippen LogP contribution in [-0.4, -0.2) is 28.7 Å². The van der Waals surface area contributed by atoms with Gasteiger partial charge in [0.05, 0.1) is 36.9 Å². The van der Waals surface area contributed by atoms with Gasteiger partial charge in [-0.05, 0) is 43.5 Å². The second-order valence-electron chi connectivity index (χ2n) is 7.64. The number of nitriles is 1. The highest BCUT2D eigenvalue weighted by atomic mass is 32.1. The number of nitrogens with zero attached hydrogens (tertiary/aromatic N) is 3. The van der Waals surface area contributed by atoms with E-state index in [-0.39, 0.29) is 6.10 Å². The monoisotopic (exact) mass is 445 g/mol. The molecule has 2 aromatic carbocycles. The first-order valence-electron chi connectivity index (χ1n) is 10.3. The fraction of sp³-hybridized carbons (Fsp3) is 0.240. The highest BCUT2D eigenvalue weighted by molar-refractivity contribution is 7.15. The largest absolute Gasteiger partial charge is 0.465 e. The summed E-state index contributed by atoms with van der Waals surface area (Å²) in [6.45, 7) is 6.25. The van der Waals surface area contributed by atoms with Gasteiger partial charge in [0, 0.05) is 4.88 Å². The number of esters is 1. The summed E-state index contributed by atoms with van der Waals surface area (Å²) in [6, 6.07) is 18.2. The summed E-state index contributed by atoms with van der Waals surface area (Å²) in [5, 5.41) is 9.60. The van der Waals surface area contributed by atoms with Gasteiger partial charge in [-0.2, -0.15) is 10.2 Å². The van der Waals surface area contributed by atoms with Crippen LogP contribution in [0.1, 0.15) is 39.5 Å². The predicted octanol–water partition coefficient (Wildman–Crippen LogP) is 5.57. The van der Waals surface area contributed by atoms with Crippen molar-refractivity contribution in [3.8, 4) is 23.2 Å². The molecule has 0 N–H and O–H groups in total. The standard InChI is InChI=1S/C25H23N3O3S/c1-15(2)31-25-27-21-16(3)32-23(24(29)30-4)22(21)28(25)14-18-10-6-8-12-20(18)19-11-7-5-9-17(19)13-26/h5-12,15H,14H2,1-4H3. The lowest BCUT2D eigenvalue weighted by atomic mass is 9.96. The van der Waals surface area contributed by atoms with E-state index in [1.807, 2.05) is 73.9 Å². The number of ether oxygens (including phenoxy) is 2. The van der Waals surface area contributed by atoms with Crippen molar-refractivity contribution in [3.63, 3.8) is 0 Å². The van der Waals surface area contributed by atoms with Gasteiger partial charge in [-0.1, -0.05) is 42.5 Å². The van der Waals surface area contributed by atoms with Crippen molar-refractivity contribution in [1.82, 2.24) is 9.55 Å². The first-order valence-corrected chi connectivity index (χ1v) is 11.1. The van der Waals surface area contributed by atoms with Crippen molar-refractivity contribution in [3.05, 3.63) is 69.4 Å².